The zero-order valence-electron chi connectivity index (χ0n) is 14.7. The first-order valence-corrected chi connectivity index (χ1v) is 9.14. The van der Waals surface area contributed by atoms with E-state index in [-0.39, 0.29) is 11.8 Å². The monoisotopic (exact) mass is 414 g/mol. The number of fused-ring (bicyclic) bond motifs is 1. The van der Waals surface area contributed by atoms with Crippen LogP contribution in [0.5, 0.6) is 0 Å². The third-order valence-corrected chi connectivity index (χ3v) is 5.04. The van der Waals surface area contributed by atoms with Crippen molar-refractivity contribution in [3.05, 3.63) is 63.6 Å². The number of nitrogens with zero attached hydrogens (tertiary/aromatic N) is 1. The lowest BCUT2D eigenvalue weighted by Gasteiger charge is -2.28. The topological polar surface area (TPSA) is 66.5 Å². The number of anilines is 1. The summed E-state index contributed by atoms with van der Waals surface area (Å²) in [5.74, 6) is -1.48. The lowest BCUT2D eigenvalue weighted by atomic mass is 10.0. The standard InChI is InChI=1S/C20H19BrN2O3/c1-11(2)17(18(24)22-16-9-8-12(3)10-15(16)21)23-19(25)13-6-4-5-7-14(13)20(23)26/h4-11,17H,1-3H3,(H,22,24). The van der Waals surface area contributed by atoms with Crippen LogP contribution in [0.1, 0.15) is 40.1 Å². The van der Waals surface area contributed by atoms with Crippen molar-refractivity contribution in [2.45, 2.75) is 26.8 Å². The molecule has 1 aliphatic heterocycles. The number of hydrogen-bond donors (Lipinski definition) is 1. The maximum absolute atomic E-state index is 12.9. The molecule has 6 heteroatoms. The van der Waals surface area contributed by atoms with Crippen LogP contribution in [0.4, 0.5) is 5.69 Å². The number of carbonyl (C=O) groups excluding carboxylic acids is 3. The number of imide groups is 1. The summed E-state index contributed by atoms with van der Waals surface area (Å²) >= 11 is 3.43. The van der Waals surface area contributed by atoms with Crippen LogP contribution in [0.2, 0.25) is 0 Å². The maximum atomic E-state index is 12.9. The highest BCUT2D eigenvalue weighted by atomic mass is 79.9. The highest BCUT2D eigenvalue weighted by Gasteiger charge is 2.43. The van der Waals surface area contributed by atoms with Crippen molar-refractivity contribution < 1.29 is 14.4 Å². The molecule has 1 atom stereocenters. The fourth-order valence-electron chi connectivity index (χ4n) is 3.11. The van der Waals surface area contributed by atoms with Gasteiger partial charge in [-0.05, 0) is 58.6 Å². The average molecular weight is 415 g/mol. The normalized spacial score (nSPS) is 14.6. The second-order valence-corrected chi connectivity index (χ2v) is 7.54. The van der Waals surface area contributed by atoms with Crippen molar-refractivity contribution in [2.75, 3.05) is 5.32 Å². The van der Waals surface area contributed by atoms with Gasteiger partial charge in [-0.3, -0.25) is 19.3 Å². The van der Waals surface area contributed by atoms with E-state index in [0.29, 0.717) is 16.8 Å². The lowest BCUT2D eigenvalue weighted by Crippen LogP contribution is -2.50. The van der Waals surface area contributed by atoms with Crippen molar-refractivity contribution in [2.24, 2.45) is 5.92 Å². The summed E-state index contributed by atoms with van der Waals surface area (Å²) < 4.78 is 0.746. The van der Waals surface area contributed by atoms with Gasteiger partial charge in [-0.25, -0.2) is 0 Å². The molecule has 5 nitrogen and oxygen atoms in total. The van der Waals surface area contributed by atoms with Crippen molar-refractivity contribution in [1.29, 1.82) is 0 Å². The molecule has 0 aromatic heterocycles. The quantitative estimate of drug-likeness (QED) is 0.768. The Morgan fingerprint density at radius 1 is 1.04 bits per heavy atom. The maximum Gasteiger partial charge on any atom is 0.262 e. The van der Waals surface area contributed by atoms with Gasteiger partial charge in [-0.1, -0.05) is 32.0 Å². The minimum Gasteiger partial charge on any atom is -0.323 e. The summed E-state index contributed by atoms with van der Waals surface area (Å²) in [4.78, 5) is 39.5. The van der Waals surface area contributed by atoms with Crippen LogP contribution in [0, 0.1) is 12.8 Å². The van der Waals surface area contributed by atoms with E-state index in [1.54, 1.807) is 30.3 Å². The molecule has 0 saturated heterocycles. The summed E-state index contributed by atoms with van der Waals surface area (Å²) in [6.07, 6.45) is 0. The molecule has 0 aliphatic carbocycles. The van der Waals surface area contributed by atoms with Gasteiger partial charge >= 0.3 is 0 Å². The summed E-state index contributed by atoms with van der Waals surface area (Å²) in [6.45, 7) is 5.59. The molecule has 1 heterocycles. The van der Waals surface area contributed by atoms with Gasteiger partial charge in [0.05, 0.1) is 16.8 Å². The molecule has 0 bridgehead atoms. The van der Waals surface area contributed by atoms with Gasteiger partial charge in [0.15, 0.2) is 0 Å². The van der Waals surface area contributed by atoms with E-state index in [9.17, 15) is 14.4 Å². The Hall–Kier alpha value is -2.47. The number of aryl methyl sites for hydroxylation is 1. The van der Waals surface area contributed by atoms with Gasteiger partial charge in [0.2, 0.25) is 5.91 Å². The van der Waals surface area contributed by atoms with Gasteiger partial charge in [0.25, 0.3) is 11.8 Å². The molecule has 26 heavy (non-hydrogen) atoms. The largest absolute Gasteiger partial charge is 0.323 e. The second-order valence-electron chi connectivity index (χ2n) is 6.69. The summed E-state index contributed by atoms with van der Waals surface area (Å²) in [7, 11) is 0. The van der Waals surface area contributed by atoms with Crippen LogP contribution in [0.25, 0.3) is 0 Å². The molecule has 0 fully saturated rings. The second kappa shape index (κ2) is 7.03. The lowest BCUT2D eigenvalue weighted by molar-refractivity contribution is -0.121. The number of amides is 3. The molecule has 3 rings (SSSR count). The van der Waals surface area contributed by atoms with E-state index >= 15 is 0 Å². The fraction of sp³-hybridized carbons (Fsp3) is 0.250. The number of hydrogen-bond acceptors (Lipinski definition) is 3. The molecule has 1 unspecified atom stereocenters. The smallest absolute Gasteiger partial charge is 0.262 e. The van der Waals surface area contributed by atoms with Gasteiger partial charge in [0.1, 0.15) is 6.04 Å². The van der Waals surface area contributed by atoms with E-state index in [2.05, 4.69) is 21.2 Å². The third kappa shape index (κ3) is 3.17. The molecule has 2 aromatic carbocycles. The number of rotatable bonds is 4. The Balaban J connectivity index is 1.92. The van der Waals surface area contributed by atoms with Crippen molar-refractivity contribution in [3.63, 3.8) is 0 Å². The summed E-state index contributed by atoms with van der Waals surface area (Å²) in [5.41, 5.74) is 2.33. The summed E-state index contributed by atoms with van der Waals surface area (Å²) in [5, 5.41) is 2.83. The van der Waals surface area contributed by atoms with Crippen LogP contribution in [-0.4, -0.2) is 28.7 Å². The van der Waals surface area contributed by atoms with Crippen molar-refractivity contribution in [1.82, 2.24) is 4.90 Å². The molecular weight excluding hydrogens is 396 g/mol. The number of benzene rings is 2. The Morgan fingerprint density at radius 2 is 1.62 bits per heavy atom. The predicted molar refractivity (Wildman–Crippen MR) is 103 cm³/mol. The molecule has 2 aromatic rings. The average Bonchev–Trinajstić information content (AvgIpc) is 2.83. The summed E-state index contributed by atoms with van der Waals surface area (Å²) in [6, 6.07) is 11.3. The molecule has 1 N–H and O–H groups in total. The molecule has 134 valence electrons. The number of nitrogens with one attached hydrogen (secondary N) is 1. The Bertz CT molecular complexity index is 873. The highest BCUT2D eigenvalue weighted by molar-refractivity contribution is 9.10. The van der Waals surface area contributed by atoms with Crippen LogP contribution in [0.15, 0.2) is 46.9 Å². The van der Waals surface area contributed by atoms with Crippen molar-refractivity contribution >= 4 is 39.3 Å². The highest BCUT2D eigenvalue weighted by Crippen LogP contribution is 2.29. The SMILES string of the molecule is Cc1ccc(NC(=O)C(C(C)C)N2C(=O)c3ccccc3C2=O)c(Br)c1. The molecule has 1 aliphatic rings. The molecular formula is C20H19BrN2O3. The fourth-order valence-corrected chi connectivity index (χ4v) is 3.70. The zero-order valence-corrected chi connectivity index (χ0v) is 16.3. The van der Waals surface area contributed by atoms with Crippen LogP contribution in [0.3, 0.4) is 0 Å². The minimum absolute atomic E-state index is 0.235. The first-order valence-electron chi connectivity index (χ1n) is 8.35. The first-order chi connectivity index (χ1) is 12.3. The van der Waals surface area contributed by atoms with E-state index in [1.807, 2.05) is 32.9 Å². The Kier molecular flexibility index (Phi) is 4.96. The minimum atomic E-state index is -0.893. The Morgan fingerprint density at radius 3 is 2.12 bits per heavy atom. The Labute approximate surface area is 160 Å². The third-order valence-electron chi connectivity index (χ3n) is 4.39. The zero-order chi connectivity index (χ0) is 19.0. The van der Waals surface area contributed by atoms with Crippen LogP contribution >= 0.6 is 15.9 Å². The van der Waals surface area contributed by atoms with E-state index in [1.165, 1.54) is 0 Å². The van der Waals surface area contributed by atoms with Gasteiger partial charge in [-0.15, -0.1) is 0 Å². The predicted octanol–water partition coefficient (Wildman–Crippen LogP) is 4.02. The van der Waals surface area contributed by atoms with Crippen LogP contribution in [-0.2, 0) is 4.79 Å². The van der Waals surface area contributed by atoms with Gasteiger partial charge in [0, 0.05) is 4.47 Å². The number of halogens is 1. The van der Waals surface area contributed by atoms with Crippen molar-refractivity contribution in [3.8, 4) is 0 Å². The van der Waals surface area contributed by atoms with Gasteiger partial charge < -0.3 is 5.32 Å². The molecule has 0 spiro atoms. The van der Waals surface area contributed by atoms with Gasteiger partial charge in [-0.2, -0.15) is 0 Å². The molecule has 0 radical (unpaired) electrons. The van der Waals surface area contributed by atoms with Crippen LogP contribution < -0.4 is 5.32 Å². The van der Waals surface area contributed by atoms with E-state index in [4.69, 9.17) is 0 Å². The van der Waals surface area contributed by atoms with E-state index < -0.39 is 17.9 Å². The van der Waals surface area contributed by atoms with E-state index in [0.717, 1.165) is 14.9 Å². The molecule has 3 amide bonds. The molecule has 0 saturated carbocycles. The number of carbonyl (C=O) groups is 3. The first kappa shape index (κ1) is 18.3.